The molecular formula is C12H15NO3S. The summed E-state index contributed by atoms with van der Waals surface area (Å²) in [5.74, 6) is -1.40. The summed E-state index contributed by atoms with van der Waals surface area (Å²) in [4.78, 5) is 24.3. The van der Waals surface area contributed by atoms with Crippen LogP contribution < -0.4 is 5.32 Å². The lowest BCUT2D eigenvalue weighted by Gasteiger charge is -2.09. The average molecular weight is 253 g/mol. The molecule has 0 bridgehead atoms. The zero-order valence-electron chi connectivity index (χ0n) is 9.77. The molecule has 1 amide bonds. The van der Waals surface area contributed by atoms with Gasteiger partial charge in [0.15, 0.2) is 0 Å². The summed E-state index contributed by atoms with van der Waals surface area (Å²) >= 11 is 1.58. The zero-order valence-corrected chi connectivity index (χ0v) is 10.6. The smallest absolute Gasteiger partial charge is 0.326 e. The van der Waals surface area contributed by atoms with Crippen molar-refractivity contribution >= 4 is 29.3 Å². The highest BCUT2D eigenvalue weighted by Crippen LogP contribution is 2.16. The van der Waals surface area contributed by atoms with Gasteiger partial charge in [-0.15, -0.1) is 11.3 Å². The molecule has 1 rings (SSSR count). The highest BCUT2D eigenvalue weighted by molar-refractivity contribution is 7.12. The van der Waals surface area contributed by atoms with Gasteiger partial charge in [-0.2, -0.15) is 0 Å². The van der Waals surface area contributed by atoms with Gasteiger partial charge < -0.3 is 10.4 Å². The first-order chi connectivity index (χ1) is 8.02. The van der Waals surface area contributed by atoms with Gasteiger partial charge in [-0.3, -0.25) is 4.79 Å². The first-order valence-electron chi connectivity index (χ1n) is 5.30. The van der Waals surface area contributed by atoms with Crippen LogP contribution in [0.5, 0.6) is 0 Å². The third-order valence-electron chi connectivity index (χ3n) is 2.18. The van der Waals surface area contributed by atoms with Crippen molar-refractivity contribution in [3.8, 4) is 0 Å². The van der Waals surface area contributed by atoms with Crippen LogP contribution in [0.15, 0.2) is 18.2 Å². The molecule has 1 aromatic rings. The number of aliphatic carboxylic acids is 1. The maximum atomic E-state index is 11.4. The van der Waals surface area contributed by atoms with Gasteiger partial charge in [0, 0.05) is 15.8 Å². The summed E-state index contributed by atoms with van der Waals surface area (Å²) in [6, 6.07) is 3.06. The van der Waals surface area contributed by atoms with Crippen LogP contribution in [0.1, 0.15) is 23.1 Å². The predicted molar refractivity (Wildman–Crippen MR) is 67.9 cm³/mol. The number of aryl methyl sites for hydroxylation is 1. The standard InChI is InChI=1S/C12H15NO3S/c1-3-10(12(15)16)13-11(14)7-6-9-5-4-8(2)17-9/h4-7,10H,3H2,1-2H3,(H,13,14)(H,15,16)/b7-6+. The third-order valence-corrected chi connectivity index (χ3v) is 3.15. The second-order valence-corrected chi connectivity index (χ2v) is 4.91. The van der Waals surface area contributed by atoms with Gasteiger partial charge in [0.2, 0.25) is 5.91 Å². The van der Waals surface area contributed by atoms with Gasteiger partial charge >= 0.3 is 5.97 Å². The van der Waals surface area contributed by atoms with E-state index >= 15 is 0 Å². The maximum Gasteiger partial charge on any atom is 0.326 e. The van der Waals surface area contributed by atoms with E-state index < -0.39 is 12.0 Å². The van der Waals surface area contributed by atoms with E-state index in [0.717, 1.165) is 4.88 Å². The van der Waals surface area contributed by atoms with E-state index in [2.05, 4.69) is 5.32 Å². The van der Waals surface area contributed by atoms with Crippen LogP contribution >= 0.6 is 11.3 Å². The Bertz CT molecular complexity index is 437. The van der Waals surface area contributed by atoms with E-state index in [1.54, 1.807) is 24.3 Å². The highest BCUT2D eigenvalue weighted by atomic mass is 32.1. The summed E-state index contributed by atoms with van der Waals surface area (Å²) in [5.41, 5.74) is 0. The van der Waals surface area contributed by atoms with Gasteiger partial charge in [0.1, 0.15) is 6.04 Å². The Morgan fingerprint density at radius 3 is 2.71 bits per heavy atom. The molecule has 0 radical (unpaired) electrons. The fourth-order valence-electron chi connectivity index (χ4n) is 1.26. The largest absolute Gasteiger partial charge is 0.480 e. The summed E-state index contributed by atoms with van der Waals surface area (Å²) in [6.07, 6.45) is 3.41. The molecule has 1 heterocycles. The molecule has 92 valence electrons. The number of nitrogens with one attached hydrogen (secondary N) is 1. The number of hydrogen-bond acceptors (Lipinski definition) is 3. The van der Waals surface area contributed by atoms with Gasteiger partial charge in [0.25, 0.3) is 0 Å². The zero-order chi connectivity index (χ0) is 12.8. The number of carbonyl (C=O) groups is 2. The first kappa shape index (κ1) is 13.4. The minimum absolute atomic E-state index is 0.368. The lowest BCUT2D eigenvalue weighted by atomic mass is 10.2. The Labute approximate surface area is 104 Å². The number of rotatable bonds is 5. The minimum Gasteiger partial charge on any atom is -0.480 e. The number of carboxylic acid groups (broad SMARTS) is 1. The van der Waals surface area contributed by atoms with E-state index in [1.807, 2.05) is 19.1 Å². The predicted octanol–water partition coefficient (Wildman–Crippen LogP) is 2.05. The van der Waals surface area contributed by atoms with Crippen molar-refractivity contribution in [2.75, 3.05) is 0 Å². The van der Waals surface area contributed by atoms with Crippen molar-refractivity contribution in [1.82, 2.24) is 5.32 Å². The number of carboxylic acids is 1. The van der Waals surface area contributed by atoms with Gasteiger partial charge in [-0.05, 0) is 31.6 Å². The van der Waals surface area contributed by atoms with E-state index in [4.69, 9.17) is 5.11 Å². The number of thiophene rings is 1. The minimum atomic E-state index is -1.01. The Balaban J connectivity index is 2.54. The van der Waals surface area contributed by atoms with Crippen molar-refractivity contribution in [3.63, 3.8) is 0 Å². The second-order valence-electron chi connectivity index (χ2n) is 3.59. The molecule has 17 heavy (non-hydrogen) atoms. The highest BCUT2D eigenvalue weighted by Gasteiger charge is 2.15. The molecule has 1 atom stereocenters. The summed E-state index contributed by atoms with van der Waals surface area (Å²) in [5, 5.41) is 11.2. The van der Waals surface area contributed by atoms with Crippen LogP contribution in [-0.2, 0) is 9.59 Å². The average Bonchev–Trinajstić information content (AvgIpc) is 2.68. The van der Waals surface area contributed by atoms with E-state index in [0.29, 0.717) is 6.42 Å². The van der Waals surface area contributed by atoms with Crippen molar-refractivity contribution in [3.05, 3.63) is 28.0 Å². The van der Waals surface area contributed by atoms with Crippen LogP contribution in [0.4, 0.5) is 0 Å². The SMILES string of the molecule is CCC(NC(=O)/C=C/c1ccc(C)s1)C(=O)O. The molecule has 0 saturated carbocycles. The van der Waals surface area contributed by atoms with E-state index in [1.165, 1.54) is 11.0 Å². The summed E-state index contributed by atoms with van der Waals surface area (Å²) in [7, 11) is 0. The van der Waals surface area contributed by atoms with Crippen LogP contribution in [0.3, 0.4) is 0 Å². The normalized spacial score (nSPS) is 12.6. The molecule has 4 nitrogen and oxygen atoms in total. The molecular weight excluding hydrogens is 238 g/mol. The molecule has 0 fully saturated rings. The first-order valence-corrected chi connectivity index (χ1v) is 6.12. The molecule has 1 unspecified atom stereocenters. The Morgan fingerprint density at radius 1 is 1.53 bits per heavy atom. The molecule has 0 aliphatic heterocycles. The van der Waals surface area contributed by atoms with Crippen LogP contribution in [0.2, 0.25) is 0 Å². The maximum absolute atomic E-state index is 11.4. The van der Waals surface area contributed by atoms with Crippen LogP contribution in [0, 0.1) is 6.92 Å². The molecule has 0 spiro atoms. The Kier molecular flexibility index (Phi) is 4.90. The van der Waals surface area contributed by atoms with Crippen molar-refractivity contribution < 1.29 is 14.7 Å². The van der Waals surface area contributed by atoms with Gasteiger partial charge in [0.05, 0.1) is 0 Å². The fourth-order valence-corrected chi connectivity index (χ4v) is 2.04. The van der Waals surface area contributed by atoms with Crippen molar-refractivity contribution in [1.29, 1.82) is 0 Å². The Morgan fingerprint density at radius 2 is 2.24 bits per heavy atom. The van der Waals surface area contributed by atoms with Crippen molar-refractivity contribution in [2.45, 2.75) is 26.3 Å². The molecule has 5 heteroatoms. The van der Waals surface area contributed by atoms with Gasteiger partial charge in [-0.25, -0.2) is 4.79 Å². The van der Waals surface area contributed by atoms with Crippen molar-refractivity contribution in [2.24, 2.45) is 0 Å². The topological polar surface area (TPSA) is 66.4 Å². The molecule has 0 saturated heterocycles. The molecule has 1 aromatic heterocycles. The molecule has 0 aromatic carbocycles. The number of hydrogen-bond donors (Lipinski definition) is 2. The quantitative estimate of drug-likeness (QED) is 0.789. The summed E-state index contributed by atoms with van der Waals surface area (Å²) < 4.78 is 0. The molecule has 0 aliphatic carbocycles. The lowest BCUT2D eigenvalue weighted by Crippen LogP contribution is -2.39. The lowest BCUT2D eigenvalue weighted by molar-refractivity contribution is -0.141. The Hall–Kier alpha value is -1.62. The second kappa shape index (κ2) is 6.20. The van der Waals surface area contributed by atoms with Crippen LogP contribution in [-0.4, -0.2) is 23.0 Å². The fraction of sp³-hybridized carbons (Fsp3) is 0.333. The number of carbonyl (C=O) groups excluding carboxylic acids is 1. The van der Waals surface area contributed by atoms with Crippen LogP contribution in [0.25, 0.3) is 6.08 Å². The number of amides is 1. The third kappa shape index (κ3) is 4.40. The molecule has 0 aliphatic rings. The van der Waals surface area contributed by atoms with Gasteiger partial charge in [-0.1, -0.05) is 6.92 Å². The molecule has 2 N–H and O–H groups in total. The monoisotopic (exact) mass is 253 g/mol. The van der Waals surface area contributed by atoms with E-state index in [9.17, 15) is 9.59 Å². The van der Waals surface area contributed by atoms with E-state index in [-0.39, 0.29) is 5.91 Å². The summed E-state index contributed by atoms with van der Waals surface area (Å²) in [6.45, 7) is 3.70.